The lowest BCUT2D eigenvalue weighted by molar-refractivity contribution is -0.136. The fraction of sp³-hybridized carbons (Fsp3) is 0.348. The minimum atomic E-state index is -0.855. The molecule has 1 saturated heterocycles. The molecule has 0 bridgehead atoms. The summed E-state index contributed by atoms with van der Waals surface area (Å²) in [5, 5.41) is 5.59. The molecule has 0 aromatic heterocycles. The standard InChI is InChI=1S/C23H25N3O4/c1-16-7-5-6-14-23(16)21(28)26(22(29)25-23)15-20(27)24-17-10-12-19(13-11-17)30-18-8-3-2-4-9-18/h2-4,8-13,16H,5-7,14-15H2,1H3,(H,24,27)(H,25,29)/t16-,23-/m0/s1. The number of benzene rings is 2. The molecule has 1 aliphatic carbocycles. The average Bonchev–Trinajstić information content (AvgIpc) is 2.97. The van der Waals surface area contributed by atoms with E-state index in [0.29, 0.717) is 17.9 Å². The predicted octanol–water partition coefficient (Wildman–Crippen LogP) is 3.92. The van der Waals surface area contributed by atoms with Crippen LogP contribution in [0.4, 0.5) is 10.5 Å². The van der Waals surface area contributed by atoms with E-state index in [-0.39, 0.29) is 18.4 Å². The molecule has 0 unspecified atom stereocenters. The van der Waals surface area contributed by atoms with E-state index in [1.807, 2.05) is 37.3 Å². The Morgan fingerprint density at radius 1 is 1.10 bits per heavy atom. The molecule has 0 radical (unpaired) electrons. The maximum atomic E-state index is 13.0. The van der Waals surface area contributed by atoms with Crippen LogP contribution in [0.5, 0.6) is 11.5 Å². The first-order valence-corrected chi connectivity index (χ1v) is 10.2. The van der Waals surface area contributed by atoms with E-state index in [4.69, 9.17) is 4.74 Å². The van der Waals surface area contributed by atoms with Gasteiger partial charge in [0.1, 0.15) is 23.6 Å². The fourth-order valence-corrected chi connectivity index (χ4v) is 4.21. The van der Waals surface area contributed by atoms with Crippen molar-refractivity contribution in [3.8, 4) is 11.5 Å². The largest absolute Gasteiger partial charge is 0.457 e. The number of carbonyl (C=O) groups is 3. The Kier molecular flexibility index (Phi) is 5.44. The van der Waals surface area contributed by atoms with E-state index in [2.05, 4.69) is 10.6 Å². The van der Waals surface area contributed by atoms with E-state index in [1.165, 1.54) is 0 Å². The number of ether oxygens (including phenoxy) is 1. The zero-order chi connectivity index (χ0) is 21.1. The third-order valence-corrected chi connectivity index (χ3v) is 5.92. The number of hydrogen-bond acceptors (Lipinski definition) is 4. The Morgan fingerprint density at radius 2 is 1.80 bits per heavy atom. The fourth-order valence-electron chi connectivity index (χ4n) is 4.21. The molecule has 2 atom stereocenters. The van der Waals surface area contributed by atoms with Gasteiger partial charge in [-0.2, -0.15) is 0 Å². The van der Waals surface area contributed by atoms with Crippen molar-refractivity contribution in [3.05, 3.63) is 54.6 Å². The van der Waals surface area contributed by atoms with Crippen LogP contribution in [0.3, 0.4) is 0 Å². The van der Waals surface area contributed by atoms with E-state index >= 15 is 0 Å². The van der Waals surface area contributed by atoms with E-state index < -0.39 is 17.5 Å². The van der Waals surface area contributed by atoms with Crippen LogP contribution in [-0.2, 0) is 9.59 Å². The minimum Gasteiger partial charge on any atom is -0.457 e. The second kappa shape index (κ2) is 8.18. The quantitative estimate of drug-likeness (QED) is 0.736. The van der Waals surface area contributed by atoms with Crippen molar-refractivity contribution in [2.24, 2.45) is 5.92 Å². The highest BCUT2D eigenvalue weighted by Crippen LogP contribution is 2.38. The molecule has 2 aromatic rings. The number of amides is 4. The van der Waals surface area contributed by atoms with Gasteiger partial charge in [-0.05, 0) is 55.2 Å². The molecule has 7 nitrogen and oxygen atoms in total. The van der Waals surface area contributed by atoms with Crippen LogP contribution in [0.15, 0.2) is 54.6 Å². The highest BCUT2D eigenvalue weighted by molar-refractivity contribution is 6.10. The van der Waals surface area contributed by atoms with Crippen LogP contribution >= 0.6 is 0 Å². The highest BCUT2D eigenvalue weighted by Gasteiger charge is 2.55. The smallest absolute Gasteiger partial charge is 0.325 e. The van der Waals surface area contributed by atoms with Crippen molar-refractivity contribution in [2.75, 3.05) is 11.9 Å². The first-order chi connectivity index (χ1) is 14.5. The maximum absolute atomic E-state index is 13.0. The first-order valence-electron chi connectivity index (χ1n) is 10.2. The Morgan fingerprint density at radius 3 is 2.50 bits per heavy atom. The summed E-state index contributed by atoms with van der Waals surface area (Å²) in [6, 6.07) is 15.8. The number of hydrogen-bond donors (Lipinski definition) is 2. The molecule has 7 heteroatoms. The van der Waals surface area contributed by atoms with Crippen LogP contribution in [0.25, 0.3) is 0 Å². The Balaban J connectivity index is 1.36. The normalized spacial score (nSPS) is 23.4. The Labute approximate surface area is 175 Å². The van der Waals surface area contributed by atoms with Gasteiger partial charge in [0, 0.05) is 5.69 Å². The minimum absolute atomic E-state index is 0.0629. The third kappa shape index (κ3) is 3.87. The van der Waals surface area contributed by atoms with Crippen molar-refractivity contribution in [1.29, 1.82) is 0 Å². The molecule has 1 saturated carbocycles. The van der Waals surface area contributed by atoms with Crippen molar-refractivity contribution < 1.29 is 19.1 Å². The predicted molar refractivity (Wildman–Crippen MR) is 112 cm³/mol. The van der Waals surface area contributed by atoms with Gasteiger partial charge in [0.15, 0.2) is 0 Å². The van der Waals surface area contributed by atoms with Crippen molar-refractivity contribution in [1.82, 2.24) is 10.2 Å². The van der Waals surface area contributed by atoms with Gasteiger partial charge in [-0.1, -0.05) is 38.0 Å². The monoisotopic (exact) mass is 407 g/mol. The molecule has 156 valence electrons. The number of para-hydroxylation sites is 1. The molecule has 30 heavy (non-hydrogen) atoms. The zero-order valence-corrected chi connectivity index (χ0v) is 16.9. The van der Waals surface area contributed by atoms with Crippen molar-refractivity contribution in [2.45, 2.75) is 38.1 Å². The van der Waals surface area contributed by atoms with Gasteiger partial charge >= 0.3 is 6.03 Å². The van der Waals surface area contributed by atoms with Crippen molar-refractivity contribution in [3.63, 3.8) is 0 Å². The van der Waals surface area contributed by atoms with Crippen LogP contribution in [0.2, 0.25) is 0 Å². The molecule has 1 spiro atoms. The van der Waals surface area contributed by atoms with E-state index in [1.54, 1.807) is 24.3 Å². The SMILES string of the molecule is C[C@H]1CCCC[C@]12NC(=O)N(CC(=O)Nc1ccc(Oc3ccccc3)cc1)C2=O. The highest BCUT2D eigenvalue weighted by atomic mass is 16.5. The summed E-state index contributed by atoms with van der Waals surface area (Å²) in [7, 11) is 0. The van der Waals surface area contributed by atoms with Gasteiger partial charge in [-0.3, -0.25) is 14.5 Å². The molecular weight excluding hydrogens is 382 g/mol. The first kappa shape index (κ1) is 19.9. The molecule has 2 fully saturated rings. The van der Waals surface area contributed by atoms with Gasteiger partial charge in [0.05, 0.1) is 0 Å². The number of urea groups is 1. The summed E-state index contributed by atoms with van der Waals surface area (Å²) in [5.74, 6) is 0.713. The number of rotatable bonds is 5. The molecule has 2 N–H and O–H groups in total. The Bertz CT molecular complexity index is 945. The number of carbonyl (C=O) groups excluding carboxylic acids is 3. The van der Waals surface area contributed by atoms with Gasteiger partial charge in [0.25, 0.3) is 5.91 Å². The van der Waals surface area contributed by atoms with Crippen LogP contribution in [0.1, 0.15) is 32.6 Å². The average molecular weight is 407 g/mol. The number of nitrogens with zero attached hydrogens (tertiary/aromatic N) is 1. The van der Waals surface area contributed by atoms with Gasteiger partial charge < -0.3 is 15.4 Å². The molecule has 2 aliphatic rings. The number of nitrogens with one attached hydrogen (secondary N) is 2. The maximum Gasteiger partial charge on any atom is 0.325 e. The van der Waals surface area contributed by atoms with Gasteiger partial charge in [-0.15, -0.1) is 0 Å². The molecule has 4 rings (SSSR count). The molecule has 4 amide bonds. The van der Waals surface area contributed by atoms with Gasteiger partial charge in [0.2, 0.25) is 5.91 Å². The summed E-state index contributed by atoms with van der Waals surface area (Å²) < 4.78 is 5.73. The third-order valence-electron chi connectivity index (χ3n) is 5.92. The molecule has 2 aromatic carbocycles. The summed E-state index contributed by atoms with van der Waals surface area (Å²) >= 11 is 0. The van der Waals surface area contributed by atoms with Crippen LogP contribution in [0, 0.1) is 5.92 Å². The lowest BCUT2D eigenvalue weighted by Gasteiger charge is -2.36. The summed E-state index contributed by atoms with van der Waals surface area (Å²) in [6.45, 7) is 1.68. The van der Waals surface area contributed by atoms with E-state index in [0.717, 1.165) is 29.9 Å². The molecular formula is C23H25N3O4. The lowest BCUT2D eigenvalue weighted by Crippen LogP contribution is -2.54. The van der Waals surface area contributed by atoms with Gasteiger partial charge in [-0.25, -0.2) is 4.79 Å². The Hall–Kier alpha value is -3.35. The van der Waals surface area contributed by atoms with Crippen molar-refractivity contribution >= 4 is 23.5 Å². The zero-order valence-electron chi connectivity index (χ0n) is 16.9. The van der Waals surface area contributed by atoms with E-state index in [9.17, 15) is 14.4 Å². The van der Waals surface area contributed by atoms with Crippen LogP contribution in [-0.4, -0.2) is 34.8 Å². The number of imide groups is 1. The second-order valence-corrected chi connectivity index (χ2v) is 7.93. The second-order valence-electron chi connectivity index (χ2n) is 7.93. The van der Waals surface area contributed by atoms with Crippen LogP contribution < -0.4 is 15.4 Å². The lowest BCUT2D eigenvalue weighted by atomic mass is 9.73. The summed E-state index contributed by atoms with van der Waals surface area (Å²) in [6.07, 6.45) is 3.47. The summed E-state index contributed by atoms with van der Waals surface area (Å²) in [4.78, 5) is 38.9. The number of anilines is 1. The molecule has 1 heterocycles. The summed E-state index contributed by atoms with van der Waals surface area (Å²) in [5.41, 5.74) is -0.292. The molecule has 1 aliphatic heterocycles. The topological polar surface area (TPSA) is 87.7 Å².